The van der Waals surface area contributed by atoms with Gasteiger partial charge in [0.25, 0.3) is 0 Å². The van der Waals surface area contributed by atoms with Gasteiger partial charge in [0.1, 0.15) is 12.1 Å². The van der Waals surface area contributed by atoms with Gasteiger partial charge in [0.2, 0.25) is 11.8 Å². The lowest BCUT2D eigenvalue weighted by Crippen LogP contribution is -2.50. The fraction of sp³-hybridized carbons (Fsp3) is 0.312. The Morgan fingerprint density at radius 1 is 1.18 bits per heavy atom. The molecule has 0 aliphatic rings. The number of amides is 2. The van der Waals surface area contributed by atoms with Crippen LogP contribution in [0.25, 0.3) is 0 Å². The highest BCUT2D eigenvalue weighted by atomic mass is 16.4. The van der Waals surface area contributed by atoms with Crippen LogP contribution in [0.2, 0.25) is 0 Å². The molecule has 6 nitrogen and oxygen atoms in total. The quantitative estimate of drug-likeness (QED) is 0.652. The molecule has 1 rings (SSSR count). The third kappa shape index (κ3) is 5.78. The number of carbonyl (C=O) groups excluding carboxylic acids is 2. The molecule has 0 heterocycles. The number of hydrogen-bond acceptors (Lipinski definition) is 3. The number of benzene rings is 1. The molecular formula is C16H20N2O4. The number of nitrogens with one attached hydrogen (secondary N) is 2. The van der Waals surface area contributed by atoms with Gasteiger partial charge in [-0.2, -0.15) is 0 Å². The Hall–Kier alpha value is -2.63. The second-order valence-corrected chi connectivity index (χ2v) is 4.82. The molecule has 2 amide bonds. The Bertz CT molecular complexity index is 555. The van der Waals surface area contributed by atoms with Crippen LogP contribution in [0.15, 0.2) is 42.5 Å². The lowest BCUT2D eigenvalue weighted by molar-refractivity contribution is -0.142. The lowest BCUT2D eigenvalue weighted by Gasteiger charge is -2.18. The van der Waals surface area contributed by atoms with Crippen molar-refractivity contribution in [2.24, 2.45) is 0 Å². The van der Waals surface area contributed by atoms with E-state index in [1.165, 1.54) is 13.0 Å². The zero-order valence-corrected chi connectivity index (χ0v) is 12.6. The van der Waals surface area contributed by atoms with E-state index in [1.54, 1.807) is 37.3 Å². The van der Waals surface area contributed by atoms with E-state index in [-0.39, 0.29) is 6.42 Å². The van der Waals surface area contributed by atoms with Crippen LogP contribution < -0.4 is 10.6 Å². The maximum absolute atomic E-state index is 12.0. The Labute approximate surface area is 129 Å². The third-order valence-corrected chi connectivity index (χ3v) is 2.97. The minimum atomic E-state index is -1.12. The molecule has 0 fully saturated rings. The summed E-state index contributed by atoms with van der Waals surface area (Å²) >= 11 is 0. The second-order valence-electron chi connectivity index (χ2n) is 4.82. The fourth-order valence-electron chi connectivity index (χ4n) is 1.83. The minimum Gasteiger partial charge on any atom is -0.480 e. The first-order chi connectivity index (χ1) is 10.4. The van der Waals surface area contributed by atoms with Crippen LogP contribution in [0.1, 0.15) is 19.4 Å². The first-order valence-electron chi connectivity index (χ1n) is 6.94. The minimum absolute atomic E-state index is 0.178. The zero-order chi connectivity index (χ0) is 16.5. The zero-order valence-electron chi connectivity index (χ0n) is 12.6. The first kappa shape index (κ1) is 17.4. The van der Waals surface area contributed by atoms with E-state index in [1.807, 2.05) is 6.07 Å². The summed E-state index contributed by atoms with van der Waals surface area (Å²) in [6.07, 6.45) is 3.02. The Kier molecular flexibility index (Phi) is 6.82. The van der Waals surface area contributed by atoms with Gasteiger partial charge in [0.05, 0.1) is 0 Å². The summed E-state index contributed by atoms with van der Waals surface area (Å²) in [4.78, 5) is 34.6. The van der Waals surface area contributed by atoms with Crippen molar-refractivity contribution in [3.8, 4) is 0 Å². The van der Waals surface area contributed by atoms with Crippen LogP contribution in [0, 0.1) is 0 Å². The predicted octanol–water partition coefficient (Wildman–Crippen LogP) is 0.879. The highest BCUT2D eigenvalue weighted by Crippen LogP contribution is 2.04. The molecule has 0 saturated carbocycles. The summed E-state index contributed by atoms with van der Waals surface area (Å²) in [5.74, 6) is -2.06. The van der Waals surface area contributed by atoms with Crippen LogP contribution in [0.5, 0.6) is 0 Å². The number of carboxylic acid groups (broad SMARTS) is 1. The van der Waals surface area contributed by atoms with Crippen LogP contribution in [0.3, 0.4) is 0 Å². The van der Waals surface area contributed by atoms with Crippen molar-refractivity contribution >= 4 is 17.8 Å². The van der Waals surface area contributed by atoms with Gasteiger partial charge in [0.15, 0.2) is 0 Å². The monoisotopic (exact) mass is 304 g/mol. The van der Waals surface area contributed by atoms with Gasteiger partial charge in [-0.05, 0) is 25.5 Å². The fourth-order valence-corrected chi connectivity index (χ4v) is 1.83. The molecule has 1 aromatic carbocycles. The standard InChI is InChI=1S/C16H20N2O4/c1-3-7-14(19)17-11(2)15(20)18-13(16(21)22)10-12-8-5-4-6-9-12/h3-9,11,13H,10H2,1-2H3,(H,17,19)(H,18,20)(H,21,22)/b7-3+/t11-,13-/m0/s1. The molecule has 22 heavy (non-hydrogen) atoms. The molecule has 0 aliphatic heterocycles. The van der Waals surface area contributed by atoms with Crippen molar-refractivity contribution in [3.05, 3.63) is 48.0 Å². The third-order valence-electron chi connectivity index (χ3n) is 2.97. The molecule has 6 heteroatoms. The molecule has 3 N–H and O–H groups in total. The lowest BCUT2D eigenvalue weighted by atomic mass is 10.1. The van der Waals surface area contributed by atoms with Gasteiger partial charge in [-0.1, -0.05) is 36.4 Å². The van der Waals surface area contributed by atoms with Crippen LogP contribution >= 0.6 is 0 Å². The summed E-state index contributed by atoms with van der Waals surface area (Å²) in [6.45, 7) is 3.18. The van der Waals surface area contributed by atoms with Gasteiger partial charge in [-0.3, -0.25) is 9.59 Å². The van der Waals surface area contributed by atoms with Crippen molar-refractivity contribution < 1.29 is 19.5 Å². The van der Waals surface area contributed by atoms with Crippen molar-refractivity contribution in [2.45, 2.75) is 32.4 Å². The predicted molar refractivity (Wildman–Crippen MR) is 82.1 cm³/mol. The van der Waals surface area contributed by atoms with Crippen molar-refractivity contribution in [2.75, 3.05) is 0 Å². The number of aliphatic carboxylic acids is 1. The van der Waals surface area contributed by atoms with Gasteiger partial charge >= 0.3 is 5.97 Å². The summed E-state index contributed by atoms with van der Waals surface area (Å²) in [7, 11) is 0. The number of rotatable bonds is 7. The Morgan fingerprint density at radius 3 is 2.36 bits per heavy atom. The number of carboxylic acids is 1. The topological polar surface area (TPSA) is 95.5 Å². The van der Waals surface area contributed by atoms with Gasteiger partial charge < -0.3 is 15.7 Å². The maximum atomic E-state index is 12.0. The van der Waals surface area contributed by atoms with Crippen molar-refractivity contribution in [1.82, 2.24) is 10.6 Å². The summed E-state index contributed by atoms with van der Waals surface area (Å²) in [5, 5.41) is 14.1. The molecule has 0 radical (unpaired) electrons. The van der Waals surface area contributed by atoms with Crippen molar-refractivity contribution in [1.29, 1.82) is 0 Å². The maximum Gasteiger partial charge on any atom is 0.326 e. The average molecular weight is 304 g/mol. The van der Waals surface area contributed by atoms with Crippen LogP contribution in [-0.2, 0) is 20.8 Å². The van der Waals surface area contributed by atoms with E-state index in [2.05, 4.69) is 10.6 Å². The highest BCUT2D eigenvalue weighted by molar-refractivity contribution is 5.93. The van der Waals surface area contributed by atoms with Crippen LogP contribution in [0.4, 0.5) is 0 Å². The largest absolute Gasteiger partial charge is 0.480 e. The molecule has 0 bridgehead atoms. The van der Waals surface area contributed by atoms with E-state index >= 15 is 0 Å². The Morgan fingerprint density at radius 2 is 1.82 bits per heavy atom. The summed E-state index contributed by atoms with van der Waals surface area (Å²) < 4.78 is 0. The van der Waals surface area contributed by atoms with Gasteiger partial charge in [-0.25, -0.2) is 4.79 Å². The molecule has 0 unspecified atom stereocenters. The van der Waals surface area contributed by atoms with Crippen molar-refractivity contribution in [3.63, 3.8) is 0 Å². The normalized spacial score (nSPS) is 13.4. The number of hydrogen-bond donors (Lipinski definition) is 3. The second kappa shape index (κ2) is 8.61. The average Bonchev–Trinajstić information content (AvgIpc) is 2.47. The summed E-state index contributed by atoms with van der Waals surface area (Å²) in [5.41, 5.74) is 0.806. The molecule has 1 aromatic rings. The molecule has 0 aromatic heterocycles. The van der Waals surface area contributed by atoms with E-state index in [9.17, 15) is 19.5 Å². The first-order valence-corrected chi connectivity index (χ1v) is 6.94. The Balaban J connectivity index is 2.64. The van der Waals surface area contributed by atoms with E-state index < -0.39 is 29.9 Å². The molecule has 0 aliphatic carbocycles. The van der Waals surface area contributed by atoms with Gasteiger partial charge in [-0.15, -0.1) is 0 Å². The smallest absolute Gasteiger partial charge is 0.326 e. The van der Waals surface area contributed by atoms with E-state index in [0.717, 1.165) is 5.56 Å². The van der Waals surface area contributed by atoms with Crippen LogP contribution in [-0.4, -0.2) is 35.0 Å². The molecule has 118 valence electrons. The number of carbonyl (C=O) groups is 3. The van der Waals surface area contributed by atoms with E-state index in [4.69, 9.17) is 0 Å². The highest BCUT2D eigenvalue weighted by Gasteiger charge is 2.23. The van der Waals surface area contributed by atoms with E-state index in [0.29, 0.717) is 0 Å². The molecular weight excluding hydrogens is 284 g/mol. The molecule has 0 spiro atoms. The van der Waals surface area contributed by atoms with Gasteiger partial charge in [0, 0.05) is 6.42 Å². The summed E-state index contributed by atoms with van der Waals surface area (Å²) in [6, 6.07) is 7.15. The molecule has 0 saturated heterocycles. The SMILES string of the molecule is C/C=C/C(=O)N[C@@H](C)C(=O)N[C@@H](Cc1ccccc1)C(=O)O. The molecule has 2 atom stereocenters. The number of allylic oxidation sites excluding steroid dienone is 1.